The Hall–Kier alpha value is -0.820. The minimum Gasteiger partial charge on any atom is -0.396 e. The van der Waals surface area contributed by atoms with Gasteiger partial charge in [0.15, 0.2) is 0 Å². The summed E-state index contributed by atoms with van der Waals surface area (Å²) in [5, 5.41) is 8.87. The summed E-state index contributed by atoms with van der Waals surface area (Å²) >= 11 is 0. The molecule has 0 aliphatic carbocycles. The van der Waals surface area contributed by atoms with Gasteiger partial charge < -0.3 is 15.7 Å². The zero-order valence-electron chi connectivity index (χ0n) is 8.70. The first-order chi connectivity index (χ1) is 7.40. The summed E-state index contributed by atoms with van der Waals surface area (Å²) in [6.45, 7) is -0.848. The topological polar surface area (TPSA) is 66.6 Å². The zero-order chi connectivity index (χ0) is 12.3. The highest BCUT2D eigenvalue weighted by molar-refractivity contribution is 5.76. The van der Waals surface area contributed by atoms with Crippen molar-refractivity contribution in [3.63, 3.8) is 0 Å². The number of nitrogens with two attached hydrogens (primary N) is 1. The van der Waals surface area contributed by atoms with Gasteiger partial charge >= 0.3 is 6.18 Å². The Labute approximate surface area is 91.2 Å². The van der Waals surface area contributed by atoms with E-state index in [1.54, 1.807) is 0 Å². The first-order valence-corrected chi connectivity index (χ1v) is 5.05. The Kier molecular flexibility index (Phi) is 4.15. The van der Waals surface area contributed by atoms with Gasteiger partial charge in [0, 0.05) is 38.6 Å². The summed E-state index contributed by atoms with van der Waals surface area (Å²) in [6.07, 6.45) is -4.33. The second-order valence-corrected chi connectivity index (χ2v) is 3.93. The predicted octanol–water partition coefficient (Wildman–Crippen LogP) is -0.0356. The van der Waals surface area contributed by atoms with E-state index in [1.807, 2.05) is 0 Å². The first-order valence-electron chi connectivity index (χ1n) is 5.05. The van der Waals surface area contributed by atoms with E-state index in [-0.39, 0.29) is 32.0 Å². The fourth-order valence-corrected chi connectivity index (χ4v) is 1.91. The number of aliphatic hydroxyl groups is 1. The number of hydrogen-bond donors (Lipinski definition) is 2. The zero-order valence-corrected chi connectivity index (χ0v) is 8.70. The molecule has 1 fully saturated rings. The standard InChI is InChI=1S/C9H15F3N2O2/c10-9(11,12)7-4-14(3-6(7)5-15)8(16)1-2-13/h6-7,15H,1-5,13H2/t6-,7+/m1/s1. The highest BCUT2D eigenvalue weighted by Crippen LogP contribution is 2.37. The molecular weight excluding hydrogens is 225 g/mol. The molecule has 1 aliphatic rings. The lowest BCUT2D eigenvalue weighted by Crippen LogP contribution is -2.33. The molecule has 0 spiro atoms. The Balaban J connectivity index is 2.67. The van der Waals surface area contributed by atoms with Crippen LogP contribution in [0.2, 0.25) is 0 Å². The lowest BCUT2D eigenvalue weighted by Gasteiger charge is -2.19. The van der Waals surface area contributed by atoms with Gasteiger partial charge in [-0.25, -0.2) is 0 Å². The Morgan fingerprint density at radius 2 is 2.06 bits per heavy atom. The molecule has 0 aromatic heterocycles. The van der Waals surface area contributed by atoms with Gasteiger partial charge in [-0.15, -0.1) is 0 Å². The van der Waals surface area contributed by atoms with Gasteiger partial charge in [0.1, 0.15) is 0 Å². The molecule has 1 amide bonds. The molecule has 0 aromatic rings. The van der Waals surface area contributed by atoms with Gasteiger partial charge in [0.2, 0.25) is 5.91 Å². The lowest BCUT2D eigenvalue weighted by atomic mass is 9.97. The molecule has 0 aromatic carbocycles. The number of amides is 1. The third-order valence-electron chi connectivity index (χ3n) is 2.81. The van der Waals surface area contributed by atoms with Crippen molar-refractivity contribution in [2.24, 2.45) is 17.6 Å². The predicted molar refractivity (Wildman–Crippen MR) is 50.4 cm³/mol. The number of alkyl halides is 3. The Morgan fingerprint density at radius 1 is 1.44 bits per heavy atom. The third-order valence-corrected chi connectivity index (χ3v) is 2.81. The molecule has 1 rings (SSSR count). The van der Waals surface area contributed by atoms with E-state index in [2.05, 4.69) is 0 Å². The number of likely N-dealkylation sites (tertiary alicyclic amines) is 1. The minimum absolute atomic E-state index is 0.0422. The monoisotopic (exact) mass is 240 g/mol. The molecule has 3 N–H and O–H groups in total. The van der Waals surface area contributed by atoms with Crippen LogP contribution in [-0.2, 0) is 4.79 Å². The van der Waals surface area contributed by atoms with E-state index in [0.29, 0.717) is 0 Å². The molecule has 0 saturated carbocycles. The van der Waals surface area contributed by atoms with Crippen LogP contribution >= 0.6 is 0 Å². The number of rotatable bonds is 3. The van der Waals surface area contributed by atoms with Crippen molar-refractivity contribution >= 4 is 5.91 Å². The van der Waals surface area contributed by atoms with Crippen LogP contribution in [0.15, 0.2) is 0 Å². The average Bonchev–Trinajstić information content (AvgIpc) is 2.61. The molecular formula is C9H15F3N2O2. The summed E-state index contributed by atoms with van der Waals surface area (Å²) in [5.41, 5.74) is 5.17. The van der Waals surface area contributed by atoms with Crippen LogP contribution in [0, 0.1) is 11.8 Å². The van der Waals surface area contributed by atoms with Gasteiger partial charge in [-0.3, -0.25) is 4.79 Å². The minimum atomic E-state index is -4.37. The van der Waals surface area contributed by atoms with Crippen molar-refractivity contribution in [1.29, 1.82) is 0 Å². The second-order valence-electron chi connectivity index (χ2n) is 3.93. The number of nitrogens with zero attached hydrogens (tertiary/aromatic N) is 1. The lowest BCUT2D eigenvalue weighted by molar-refractivity contribution is -0.183. The maximum Gasteiger partial charge on any atom is 0.393 e. The van der Waals surface area contributed by atoms with Gasteiger partial charge in [-0.1, -0.05) is 0 Å². The summed E-state index contributed by atoms with van der Waals surface area (Å²) in [4.78, 5) is 12.5. The van der Waals surface area contributed by atoms with Crippen LogP contribution < -0.4 is 5.73 Å². The van der Waals surface area contributed by atoms with Crippen molar-refractivity contribution < 1.29 is 23.1 Å². The summed E-state index contributed by atoms with van der Waals surface area (Å²) in [5.74, 6) is -2.92. The molecule has 94 valence electrons. The molecule has 0 bridgehead atoms. The Bertz CT molecular complexity index is 258. The highest BCUT2D eigenvalue weighted by Gasteiger charge is 2.50. The van der Waals surface area contributed by atoms with Crippen molar-refractivity contribution in [3.05, 3.63) is 0 Å². The van der Waals surface area contributed by atoms with E-state index >= 15 is 0 Å². The van der Waals surface area contributed by atoms with E-state index in [4.69, 9.17) is 10.8 Å². The maximum absolute atomic E-state index is 12.5. The number of carbonyl (C=O) groups excluding carboxylic acids is 1. The van der Waals surface area contributed by atoms with Gasteiger partial charge in [0.05, 0.1) is 5.92 Å². The van der Waals surface area contributed by atoms with Crippen molar-refractivity contribution in [2.75, 3.05) is 26.2 Å². The van der Waals surface area contributed by atoms with E-state index in [0.717, 1.165) is 4.90 Å². The number of halogens is 3. The molecule has 1 aliphatic heterocycles. The average molecular weight is 240 g/mol. The third kappa shape index (κ3) is 2.85. The van der Waals surface area contributed by atoms with E-state index in [1.165, 1.54) is 0 Å². The summed E-state index contributed by atoms with van der Waals surface area (Å²) in [6, 6.07) is 0. The van der Waals surface area contributed by atoms with Crippen LogP contribution in [0.1, 0.15) is 6.42 Å². The molecule has 2 atom stereocenters. The van der Waals surface area contributed by atoms with Gasteiger partial charge in [-0.2, -0.15) is 13.2 Å². The molecule has 0 unspecified atom stereocenters. The molecule has 16 heavy (non-hydrogen) atoms. The second kappa shape index (κ2) is 5.01. The van der Waals surface area contributed by atoms with Crippen LogP contribution in [0.4, 0.5) is 13.2 Å². The first kappa shape index (κ1) is 13.2. The van der Waals surface area contributed by atoms with Gasteiger partial charge in [-0.05, 0) is 0 Å². The normalized spacial score (nSPS) is 26.2. The SMILES string of the molecule is NCCC(=O)N1C[C@H](CO)[C@@H](C(F)(F)F)C1. The largest absolute Gasteiger partial charge is 0.396 e. The number of aliphatic hydroxyl groups excluding tert-OH is 1. The fourth-order valence-electron chi connectivity index (χ4n) is 1.91. The Morgan fingerprint density at radius 3 is 2.44 bits per heavy atom. The highest BCUT2D eigenvalue weighted by atomic mass is 19.4. The smallest absolute Gasteiger partial charge is 0.393 e. The van der Waals surface area contributed by atoms with Crippen molar-refractivity contribution in [2.45, 2.75) is 12.6 Å². The molecule has 1 heterocycles. The molecule has 1 saturated heterocycles. The van der Waals surface area contributed by atoms with Crippen molar-refractivity contribution in [1.82, 2.24) is 4.90 Å². The van der Waals surface area contributed by atoms with Crippen LogP contribution in [0.5, 0.6) is 0 Å². The number of hydrogen-bond acceptors (Lipinski definition) is 3. The molecule has 0 radical (unpaired) electrons. The molecule has 4 nitrogen and oxygen atoms in total. The van der Waals surface area contributed by atoms with Crippen molar-refractivity contribution in [3.8, 4) is 0 Å². The van der Waals surface area contributed by atoms with Gasteiger partial charge in [0.25, 0.3) is 0 Å². The van der Waals surface area contributed by atoms with Crippen LogP contribution in [0.25, 0.3) is 0 Å². The quantitative estimate of drug-likeness (QED) is 0.727. The van der Waals surface area contributed by atoms with E-state index in [9.17, 15) is 18.0 Å². The summed E-state index contributed by atoms with van der Waals surface area (Å²) < 4.78 is 37.6. The summed E-state index contributed by atoms with van der Waals surface area (Å²) in [7, 11) is 0. The fraction of sp³-hybridized carbons (Fsp3) is 0.889. The van der Waals surface area contributed by atoms with Crippen LogP contribution in [-0.4, -0.2) is 48.3 Å². The maximum atomic E-state index is 12.5. The van der Waals surface area contributed by atoms with E-state index < -0.39 is 24.6 Å². The number of carbonyl (C=O) groups is 1. The molecule has 7 heteroatoms. The van der Waals surface area contributed by atoms with Crippen LogP contribution in [0.3, 0.4) is 0 Å².